The summed E-state index contributed by atoms with van der Waals surface area (Å²) in [6, 6.07) is 1.82. The molecule has 0 saturated heterocycles. The summed E-state index contributed by atoms with van der Waals surface area (Å²) in [6.45, 7) is 1.02. The van der Waals surface area contributed by atoms with Crippen LogP contribution < -0.4 is 5.32 Å². The van der Waals surface area contributed by atoms with Crippen molar-refractivity contribution < 1.29 is 13.2 Å². The van der Waals surface area contributed by atoms with Gasteiger partial charge in [-0.15, -0.1) is 0 Å². The number of hydrogen-bond donors (Lipinski definition) is 1. The van der Waals surface area contributed by atoms with Crippen molar-refractivity contribution in [3.63, 3.8) is 0 Å². The number of carbonyl (C=O) groups is 1. The van der Waals surface area contributed by atoms with Gasteiger partial charge in [0, 0.05) is 18.8 Å². The number of sulfone groups is 1. The predicted molar refractivity (Wildman–Crippen MR) is 83.5 cm³/mol. The molecule has 2 heterocycles. The number of fused-ring (bicyclic) bond motifs is 1. The van der Waals surface area contributed by atoms with E-state index in [1.165, 1.54) is 0 Å². The van der Waals surface area contributed by atoms with E-state index in [4.69, 9.17) is 0 Å². The highest BCUT2D eigenvalue weighted by molar-refractivity contribution is 7.91. The lowest BCUT2D eigenvalue weighted by atomic mass is 9.87. The van der Waals surface area contributed by atoms with Crippen LogP contribution in [-0.4, -0.2) is 42.2 Å². The van der Waals surface area contributed by atoms with E-state index >= 15 is 0 Å². The second kappa shape index (κ2) is 6.40. The molecule has 1 fully saturated rings. The van der Waals surface area contributed by atoms with Crippen LogP contribution in [0.4, 0.5) is 0 Å². The number of hydrogen-bond acceptors (Lipinski definition) is 4. The van der Waals surface area contributed by atoms with Crippen molar-refractivity contribution in [2.24, 2.45) is 5.92 Å². The summed E-state index contributed by atoms with van der Waals surface area (Å²) >= 11 is 0. The van der Waals surface area contributed by atoms with Crippen molar-refractivity contribution >= 4 is 15.7 Å². The first kappa shape index (κ1) is 15.5. The molecular weight excluding hydrogens is 302 g/mol. The summed E-state index contributed by atoms with van der Waals surface area (Å²) in [6.07, 6.45) is 6.36. The summed E-state index contributed by atoms with van der Waals surface area (Å²) in [4.78, 5) is 12.1. The molecule has 6 nitrogen and oxygen atoms in total. The van der Waals surface area contributed by atoms with Crippen molar-refractivity contribution in [3.8, 4) is 0 Å². The molecule has 1 aromatic rings. The molecule has 1 amide bonds. The highest BCUT2D eigenvalue weighted by Crippen LogP contribution is 2.27. The number of aromatic nitrogens is 2. The van der Waals surface area contributed by atoms with E-state index in [1.54, 1.807) is 0 Å². The molecule has 2 aliphatic rings. The van der Waals surface area contributed by atoms with Crippen molar-refractivity contribution in [2.75, 3.05) is 18.1 Å². The molecule has 3 rings (SSSR count). The predicted octanol–water partition coefficient (Wildman–Crippen LogP) is 1.16. The summed E-state index contributed by atoms with van der Waals surface area (Å²) in [5, 5.41) is 6.97. The standard InChI is InChI=1S/C15H23N3O3S/c19-15(14-10-13-6-1-2-8-18(13)17-14)16-7-9-22(20,21)11-12-4-3-5-12/h10,12H,1-9,11H2,(H,16,19). The van der Waals surface area contributed by atoms with Gasteiger partial charge in [-0.25, -0.2) is 8.42 Å². The van der Waals surface area contributed by atoms with Crippen LogP contribution in [-0.2, 0) is 22.8 Å². The minimum atomic E-state index is -3.06. The van der Waals surface area contributed by atoms with E-state index in [0.29, 0.717) is 11.6 Å². The highest BCUT2D eigenvalue weighted by atomic mass is 32.2. The lowest BCUT2D eigenvalue weighted by Gasteiger charge is -2.24. The highest BCUT2D eigenvalue weighted by Gasteiger charge is 2.24. The smallest absolute Gasteiger partial charge is 0.271 e. The van der Waals surface area contributed by atoms with Gasteiger partial charge >= 0.3 is 0 Å². The van der Waals surface area contributed by atoms with Gasteiger partial charge in [-0.2, -0.15) is 5.10 Å². The molecule has 7 heteroatoms. The molecule has 1 aliphatic heterocycles. The lowest BCUT2D eigenvalue weighted by Crippen LogP contribution is -2.32. The quantitative estimate of drug-likeness (QED) is 0.851. The van der Waals surface area contributed by atoms with Crippen LogP contribution in [0.5, 0.6) is 0 Å². The van der Waals surface area contributed by atoms with E-state index in [2.05, 4.69) is 10.4 Å². The molecule has 0 bridgehead atoms. The van der Waals surface area contributed by atoms with Crippen LogP contribution in [0.1, 0.15) is 48.3 Å². The third-order valence-corrected chi connectivity index (χ3v) is 6.37. The van der Waals surface area contributed by atoms with Gasteiger partial charge in [0.05, 0.1) is 11.5 Å². The van der Waals surface area contributed by atoms with E-state index in [9.17, 15) is 13.2 Å². The minimum Gasteiger partial charge on any atom is -0.350 e. The monoisotopic (exact) mass is 325 g/mol. The molecule has 1 aliphatic carbocycles. The van der Waals surface area contributed by atoms with Gasteiger partial charge < -0.3 is 5.32 Å². The third-order valence-electron chi connectivity index (χ3n) is 4.56. The lowest BCUT2D eigenvalue weighted by molar-refractivity contribution is 0.0950. The van der Waals surface area contributed by atoms with E-state index in [0.717, 1.165) is 50.8 Å². The Hall–Kier alpha value is -1.37. The Bertz CT molecular complexity index is 623. The minimum absolute atomic E-state index is 0.0167. The molecule has 1 N–H and O–H groups in total. The molecule has 1 saturated carbocycles. The maximum absolute atomic E-state index is 12.1. The van der Waals surface area contributed by atoms with E-state index in [-0.39, 0.29) is 24.0 Å². The maximum atomic E-state index is 12.1. The zero-order valence-electron chi connectivity index (χ0n) is 12.8. The largest absolute Gasteiger partial charge is 0.350 e. The van der Waals surface area contributed by atoms with Crippen LogP contribution in [0, 0.1) is 5.92 Å². The van der Waals surface area contributed by atoms with Gasteiger partial charge in [0.25, 0.3) is 5.91 Å². The molecule has 0 unspecified atom stereocenters. The molecule has 0 atom stereocenters. The molecule has 1 aromatic heterocycles. The Labute approximate surface area is 131 Å². The first-order chi connectivity index (χ1) is 10.5. The van der Waals surface area contributed by atoms with Gasteiger partial charge in [-0.05, 0) is 44.1 Å². The van der Waals surface area contributed by atoms with Gasteiger partial charge in [-0.1, -0.05) is 6.42 Å². The van der Waals surface area contributed by atoms with Gasteiger partial charge in [-0.3, -0.25) is 9.48 Å². The fourth-order valence-corrected chi connectivity index (χ4v) is 4.67. The average Bonchev–Trinajstić information content (AvgIpc) is 2.87. The van der Waals surface area contributed by atoms with Crippen LogP contribution in [0.25, 0.3) is 0 Å². The number of nitrogens with one attached hydrogen (secondary N) is 1. The molecular formula is C15H23N3O3S. The third kappa shape index (κ3) is 3.69. The average molecular weight is 325 g/mol. The van der Waals surface area contributed by atoms with Crippen molar-refractivity contribution in [1.82, 2.24) is 15.1 Å². The van der Waals surface area contributed by atoms with Crippen LogP contribution in [0.2, 0.25) is 0 Å². The number of rotatable bonds is 6. The zero-order chi connectivity index (χ0) is 15.6. The summed E-state index contributed by atoms with van der Waals surface area (Å²) in [5.41, 5.74) is 1.49. The maximum Gasteiger partial charge on any atom is 0.271 e. The van der Waals surface area contributed by atoms with Crippen molar-refractivity contribution in [1.29, 1.82) is 0 Å². The summed E-state index contributed by atoms with van der Waals surface area (Å²) in [5.74, 6) is 0.339. The van der Waals surface area contributed by atoms with Crippen molar-refractivity contribution in [3.05, 3.63) is 17.5 Å². The first-order valence-corrected chi connectivity index (χ1v) is 9.91. The SMILES string of the molecule is O=C(NCCS(=O)(=O)CC1CCC1)c1cc2n(n1)CCCC2. The molecule has 0 spiro atoms. The summed E-state index contributed by atoms with van der Waals surface area (Å²) < 4.78 is 25.8. The topological polar surface area (TPSA) is 81.1 Å². The number of aryl methyl sites for hydroxylation is 2. The van der Waals surface area contributed by atoms with Crippen LogP contribution in [0.15, 0.2) is 6.07 Å². The second-order valence-electron chi connectivity index (χ2n) is 6.37. The van der Waals surface area contributed by atoms with E-state index in [1.807, 2.05) is 10.7 Å². The number of carbonyl (C=O) groups excluding carboxylic acids is 1. The van der Waals surface area contributed by atoms with Crippen molar-refractivity contribution in [2.45, 2.75) is 45.1 Å². The Balaban J connectivity index is 1.48. The molecule has 122 valence electrons. The fraction of sp³-hybridized carbons (Fsp3) is 0.733. The zero-order valence-corrected chi connectivity index (χ0v) is 13.6. The Morgan fingerprint density at radius 2 is 2.14 bits per heavy atom. The Kier molecular flexibility index (Phi) is 4.52. The van der Waals surface area contributed by atoms with E-state index < -0.39 is 9.84 Å². The van der Waals surface area contributed by atoms with Gasteiger partial charge in [0.2, 0.25) is 0 Å². The normalized spacial score (nSPS) is 18.5. The van der Waals surface area contributed by atoms with Gasteiger partial charge in [0.1, 0.15) is 5.69 Å². The molecule has 0 aromatic carbocycles. The van der Waals surface area contributed by atoms with Gasteiger partial charge in [0.15, 0.2) is 9.84 Å². The number of nitrogens with zero attached hydrogens (tertiary/aromatic N) is 2. The fourth-order valence-electron chi connectivity index (χ4n) is 3.04. The summed E-state index contributed by atoms with van der Waals surface area (Å²) in [7, 11) is -3.06. The van der Waals surface area contributed by atoms with Crippen LogP contribution in [0.3, 0.4) is 0 Å². The van der Waals surface area contributed by atoms with Crippen LogP contribution >= 0.6 is 0 Å². The number of amides is 1. The molecule has 22 heavy (non-hydrogen) atoms. The Morgan fingerprint density at radius 3 is 2.82 bits per heavy atom. The molecule has 0 radical (unpaired) electrons. The first-order valence-electron chi connectivity index (χ1n) is 8.09. The second-order valence-corrected chi connectivity index (χ2v) is 8.60. The Morgan fingerprint density at radius 1 is 1.32 bits per heavy atom.